The standard InChI is InChI=1S/C17H18N4O2S.BrH/c18-12-2-3-13-15-16(20-21(13)7-5-19-6-8-22)11-9-10(23)1-4-14(11)24-17(12)15;/h1-4,9,19,22-23H,5-8,18H2;1H. The number of fused-ring (bicyclic) bond motifs is 2. The smallest absolute Gasteiger partial charge is 0.116 e. The molecule has 0 atom stereocenters. The summed E-state index contributed by atoms with van der Waals surface area (Å²) in [4.78, 5) is 2.07. The first-order valence-electron chi connectivity index (χ1n) is 7.81. The van der Waals surface area contributed by atoms with Gasteiger partial charge in [-0.25, -0.2) is 0 Å². The Morgan fingerprint density at radius 1 is 1.20 bits per heavy atom. The first-order chi connectivity index (χ1) is 11.7. The van der Waals surface area contributed by atoms with Gasteiger partial charge in [-0.15, -0.1) is 17.0 Å². The van der Waals surface area contributed by atoms with E-state index in [9.17, 15) is 5.11 Å². The summed E-state index contributed by atoms with van der Waals surface area (Å²) >= 11 is 1.62. The van der Waals surface area contributed by atoms with Crippen LogP contribution in [0.15, 0.2) is 40.1 Å². The fourth-order valence-electron chi connectivity index (χ4n) is 3.02. The fourth-order valence-corrected chi connectivity index (χ4v) is 4.13. The number of aromatic nitrogens is 2. The molecule has 0 bridgehead atoms. The van der Waals surface area contributed by atoms with Crippen LogP contribution in [0.25, 0.3) is 22.2 Å². The Bertz CT molecular complexity index is 929. The number of halogens is 1. The minimum atomic E-state index is 0. The van der Waals surface area contributed by atoms with E-state index in [4.69, 9.17) is 15.9 Å². The van der Waals surface area contributed by atoms with Crippen molar-refractivity contribution in [3.8, 4) is 17.0 Å². The summed E-state index contributed by atoms with van der Waals surface area (Å²) in [6.07, 6.45) is 0. The predicted octanol–water partition coefficient (Wildman–Crippen LogP) is 2.62. The fraction of sp³-hybridized carbons (Fsp3) is 0.235. The maximum Gasteiger partial charge on any atom is 0.116 e. The monoisotopic (exact) mass is 422 g/mol. The molecule has 0 aliphatic carbocycles. The molecule has 0 unspecified atom stereocenters. The van der Waals surface area contributed by atoms with Crippen LogP contribution in [0.1, 0.15) is 0 Å². The zero-order valence-electron chi connectivity index (χ0n) is 13.4. The van der Waals surface area contributed by atoms with Gasteiger partial charge >= 0.3 is 0 Å². The summed E-state index contributed by atoms with van der Waals surface area (Å²) in [7, 11) is 0. The number of aromatic hydroxyl groups is 1. The topological polar surface area (TPSA) is 96.3 Å². The Balaban J connectivity index is 0.00000182. The van der Waals surface area contributed by atoms with E-state index in [1.807, 2.05) is 22.9 Å². The molecule has 8 heteroatoms. The number of aliphatic hydroxyl groups excluding tert-OH is 1. The number of benzene rings is 2. The van der Waals surface area contributed by atoms with Crippen molar-refractivity contribution in [2.45, 2.75) is 16.3 Å². The van der Waals surface area contributed by atoms with E-state index in [0.29, 0.717) is 13.1 Å². The lowest BCUT2D eigenvalue weighted by Crippen LogP contribution is -2.23. The van der Waals surface area contributed by atoms with Crippen LogP contribution in [-0.4, -0.2) is 39.7 Å². The van der Waals surface area contributed by atoms with Gasteiger partial charge in [-0.05, 0) is 30.3 Å². The van der Waals surface area contributed by atoms with Crippen molar-refractivity contribution in [2.24, 2.45) is 0 Å². The lowest BCUT2D eigenvalue weighted by atomic mass is 10.1. The molecule has 6 nitrogen and oxygen atoms in total. The molecule has 3 aromatic rings. The van der Waals surface area contributed by atoms with Gasteiger partial charge in [0.1, 0.15) is 11.4 Å². The number of nitrogens with two attached hydrogens (primary N) is 1. The predicted molar refractivity (Wildman–Crippen MR) is 106 cm³/mol. The molecule has 0 fully saturated rings. The van der Waals surface area contributed by atoms with Gasteiger partial charge in [0.2, 0.25) is 0 Å². The second-order valence-electron chi connectivity index (χ2n) is 5.71. The van der Waals surface area contributed by atoms with Crippen molar-refractivity contribution in [3.05, 3.63) is 30.3 Å². The molecule has 0 saturated carbocycles. The number of anilines is 1. The van der Waals surface area contributed by atoms with E-state index in [-0.39, 0.29) is 29.3 Å². The Kier molecular flexibility index (Phi) is 5.24. The molecule has 1 aliphatic heterocycles. The van der Waals surface area contributed by atoms with Crippen molar-refractivity contribution >= 4 is 45.3 Å². The maximum atomic E-state index is 9.85. The first-order valence-corrected chi connectivity index (χ1v) is 8.62. The highest BCUT2D eigenvalue weighted by Crippen LogP contribution is 2.50. The van der Waals surface area contributed by atoms with Crippen LogP contribution in [0, 0.1) is 0 Å². The van der Waals surface area contributed by atoms with E-state index in [0.717, 1.165) is 44.2 Å². The first kappa shape index (κ1) is 18.1. The third-order valence-corrected chi connectivity index (χ3v) is 5.34. The van der Waals surface area contributed by atoms with Crippen molar-refractivity contribution in [1.29, 1.82) is 0 Å². The molecule has 1 aromatic heterocycles. The van der Waals surface area contributed by atoms with Gasteiger partial charge in [-0.2, -0.15) is 5.10 Å². The molecule has 0 amide bonds. The number of phenols is 1. The average molecular weight is 423 g/mol. The molecular formula is C17H19BrN4O2S. The third kappa shape index (κ3) is 3.10. The van der Waals surface area contributed by atoms with Crippen LogP contribution < -0.4 is 11.1 Å². The van der Waals surface area contributed by atoms with Gasteiger partial charge in [0.25, 0.3) is 0 Å². The van der Waals surface area contributed by atoms with Crippen molar-refractivity contribution in [1.82, 2.24) is 15.1 Å². The Morgan fingerprint density at radius 2 is 2.04 bits per heavy atom. The molecule has 132 valence electrons. The molecular weight excluding hydrogens is 404 g/mol. The van der Waals surface area contributed by atoms with Crippen LogP contribution in [0.5, 0.6) is 5.75 Å². The molecule has 5 N–H and O–H groups in total. The van der Waals surface area contributed by atoms with Crippen LogP contribution in [-0.2, 0) is 6.54 Å². The molecule has 1 aliphatic rings. The number of hydrogen-bond acceptors (Lipinski definition) is 6. The number of nitrogen functional groups attached to an aromatic ring is 1. The molecule has 0 saturated heterocycles. The molecule has 2 aromatic carbocycles. The maximum absolute atomic E-state index is 9.85. The van der Waals surface area contributed by atoms with E-state index >= 15 is 0 Å². The molecule has 2 heterocycles. The largest absolute Gasteiger partial charge is 0.508 e. The van der Waals surface area contributed by atoms with E-state index in [1.54, 1.807) is 23.9 Å². The number of phenolic OH excluding ortho intramolecular Hbond substituents is 1. The lowest BCUT2D eigenvalue weighted by molar-refractivity contribution is 0.291. The number of aliphatic hydroxyl groups is 1. The molecule has 25 heavy (non-hydrogen) atoms. The van der Waals surface area contributed by atoms with Gasteiger partial charge in [-0.3, -0.25) is 4.68 Å². The van der Waals surface area contributed by atoms with Crippen LogP contribution in [0.4, 0.5) is 5.69 Å². The highest BCUT2D eigenvalue weighted by atomic mass is 79.9. The summed E-state index contributed by atoms with van der Waals surface area (Å²) in [5.74, 6) is 0.231. The lowest BCUT2D eigenvalue weighted by Gasteiger charge is -2.16. The Labute approximate surface area is 159 Å². The summed E-state index contributed by atoms with van der Waals surface area (Å²) in [6, 6.07) is 9.25. The minimum absolute atomic E-state index is 0. The van der Waals surface area contributed by atoms with Crippen LogP contribution >= 0.6 is 28.7 Å². The SMILES string of the molecule is Br.Nc1ccc2c3c(nn2CCNCCO)-c2cc(O)ccc2Sc13. The zero-order valence-corrected chi connectivity index (χ0v) is 15.9. The highest BCUT2D eigenvalue weighted by molar-refractivity contribution is 8.93. The Morgan fingerprint density at radius 3 is 2.84 bits per heavy atom. The van der Waals surface area contributed by atoms with E-state index in [2.05, 4.69) is 5.32 Å². The van der Waals surface area contributed by atoms with Gasteiger partial charge < -0.3 is 21.3 Å². The van der Waals surface area contributed by atoms with Gasteiger partial charge in [0.15, 0.2) is 0 Å². The Hall–Kier alpha value is -1.74. The van der Waals surface area contributed by atoms with Crippen LogP contribution in [0.3, 0.4) is 0 Å². The number of hydrogen-bond donors (Lipinski definition) is 4. The van der Waals surface area contributed by atoms with Crippen molar-refractivity contribution in [3.63, 3.8) is 0 Å². The van der Waals surface area contributed by atoms with Gasteiger partial charge in [0.05, 0.1) is 18.7 Å². The van der Waals surface area contributed by atoms with E-state index < -0.39 is 0 Å². The molecule has 0 spiro atoms. The summed E-state index contributed by atoms with van der Waals surface area (Å²) in [5, 5.41) is 27.7. The third-order valence-electron chi connectivity index (χ3n) is 4.12. The quantitative estimate of drug-likeness (QED) is 0.291. The molecule has 0 radical (unpaired) electrons. The van der Waals surface area contributed by atoms with Crippen molar-refractivity contribution < 1.29 is 10.2 Å². The number of rotatable bonds is 5. The molecule has 4 rings (SSSR count). The van der Waals surface area contributed by atoms with Crippen molar-refractivity contribution in [2.75, 3.05) is 25.4 Å². The van der Waals surface area contributed by atoms with Gasteiger partial charge in [-0.1, -0.05) is 11.8 Å². The normalized spacial score (nSPS) is 12.0. The number of nitrogens with one attached hydrogen (secondary N) is 1. The second kappa shape index (κ2) is 7.25. The summed E-state index contributed by atoms with van der Waals surface area (Å²) in [5.41, 5.74) is 9.75. The zero-order chi connectivity index (χ0) is 16.7. The number of nitrogens with zero attached hydrogens (tertiary/aromatic N) is 2. The van der Waals surface area contributed by atoms with Gasteiger partial charge in [0, 0.05) is 39.5 Å². The minimum Gasteiger partial charge on any atom is -0.508 e. The summed E-state index contributed by atoms with van der Waals surface area (Å²) in [6.45, 7) is 2.10. The second-order valence-corrected chi connectivity index (χ2v) is 6.76. The van der Waals surface area contributed by atoms with Crippen LogP contribution in [0.2, 0.25) is 0 Å². The highest BCUT2D eigenvalue weighted by Gasteiger charge is 2.25. The average Bonchev–Trinajstić information content (AvgIpc) is 2.95. The summed E-state index contributed by atoms with van der Waals surface area (Å²) < 4.78 is 1.96. The van der Waals surface area contributed by atoms with E-state index in [1.165, 1.54) is 0 Å².